The Hall–Kier alpha value is -6.72. The standard InChI is InChI=1S/C58H58N4O/c1-55(2,3)42-24-27-52-51(35-42)50-26-25-49(38-53(50)62(52)54-36-43(28-29-59-54)57(7,8)40-18-13-11-14-19-40)63-48-23-17-22-46(37-48)60-30-31-61(39-60)47-33-44(56(4,5)6)32-45(34-47)58(9,10)41-20-15-12-16-21-41/h11-38H,1-10H3. The van der Waals surface area contributed by atoms with Crippen LogP contribution < -0.4 is 9.30 Å². The molecule has 0 spiro atoms. The number of aromatic nitrogens is 4. The molecule has 0 fully saturated rings. The summed E-state index contributed by atoms with van der Waals surface area (Å²) in [7, 11) is 0. The zero-order valence-electron chi connectivity index (χ0n) is 38.4. The Bertz CT molecular complexity index is 3100. The van der Waals surface area contributed by atoms with Crippen molar-refractivity contribution in [3.8, 4) is 28.7 Å². The lowest BCUT2D eigenvalue weighted by molar-refractivity contribution is -0.599. The minimum absolute atomic E-state index is 0.00363. The van der Waals surface area contributed by atoms with Gasteiger partial charge in [-0.25, -0.2) is 4.98 Å². The molecule has 0 aliphatic heterocycles. The van der Waals surface area contributed by atoms with Crippen molar-refractivity contribution < 1.29 is 9.30 Å². The van der Waals surface area contributed by atoms with E-state index in [-0.39, 0.29) is 21.7 Å². The first-order chi connectivity index (χ1) is 30.0. The lowest BCUT2D eigenvalue weighted by Crippen LogP contribution is -2.31. The van der Waals surface area contributed by atoms with Gasteiger partial charge in [-0.3, -0.25) is 13.7 Å². The van der Waals surface area contributed by atoms with Gasteiger partial charge in [-0.15, -0.1) is 0 Å². The molecular formula is C58H58N4O. The van der Waals surface area contributed by atoms with E-state index in [9.17, 15) is 0 Å². The van der Waals surface area contributed by atoms with Crippen molar-refractivity contribution >= 4 is 21.8 Å². The average Bonchev–Trinajstić information content (AvgIpc) is 3.90. The van der Waals surface area contributed by atoms with Gasteiger partial charge in [0.25, 0.3) is 6.33 Å². The van der Waals surface area contributed by atoms with Crippen molar-refractivity contribution in [2.75, 3.05) is 0 Å². The predicted molar refractivity (Wildman–Crippen MR) is 259 cm³/mol. The van der Waals surface area contributed by atoms with Crippen LogP contribution in [-0.2, 0) is 21.7 Å². The van der Waals surface area contributed by atoms with Gasteiger partial charge < -0.3 is 4.74 Å². The van der Waals surface area contributed by atoms with Gasteiger partial charge in [-0.2, -0.15) is 0 Å². The minimum Gasteiger partial charge on any atom is -0.458 e. The van der Waals surface area contributed by atoms with E-state index >= 15 is 0 Å². The maximum absolute atomic E-state index is 6.72. The number of pyridine rings is 1. The molecule has 63 heavy (non-hydrogen) atoms. The van der Waals surface area contributed by atoms with Crippen molar-refractivity contribution in [2.45, 2.75) is 90.9 Å². The van der Waals surface area contributed by atoms with Crippen LogP contribution in [0.15, 0.2) is 170 Å². The summed E-state index contributed by atoms with van der Waals surface area (Å²) in [4.78, 5) is 5.00. The van der Waals surface area contributed by atoms with Crippen LogP contribution in [0.1, 0.15) is 103 Å². The van der Waals surface area contributed by atoms with Gasteiger partial charge in [-0.1, -0.05) is 148 Å². The van der Waals surface area contributed by atoms with Crippen LogP contribution >= 0.6 is 0 Å². The first kappa shape index (κ1) is 41.6. The molecule has 9 rings (SSSR count). The van der Waals surface area contributed by atoms with E-state index in [0.717, 1.165) is 45.1 Å². The molecule has 0 amide bonds. The molecule has 6 aromatic carbocycles. The molecular weight excluding hydrogens is 769 g/mol. The van der Waals surface area contributed by atoms with Crippen molar-refractivity contribution in [2.24, 2.45) is 0 Å². The maximum atomic E-state index is 6.72. The van der Waals surface area contributed by atoms with E-state index in [2.05, 4.69) is 237 Å². The van der Waals surface area contributed by atoms with E-state index in [4.69, 9.17) is 9.72 Å². The molecule has 0 atom stereocenters. The van der Waals surface area contributed by atoms with E-state index in [1.54, 1.807) is 0 Å². The number of ether oxygens (including phenoxy) is 1. The van der Waals surface area contributed by atoms with Gasteiger partial charge in [0.15, 0.2) is 0 Å². The number of benzene rings is 6. The lowest BCUT2D eigenvalue weighted by Gasteiger charge is -2.30. The molecule has 0 radical (unpaired) electrons. The molecule has 0 aliphatic rings. The number of fused-ring (bicyclic) bond motifs is 3. The summed E-state index contributed by atoms with van der Waals surface area (Å²) in [5, 5.41) is 2.35. The second kappa shape index (κ2) is 15.6. The highest BCUT2D eigenvalue weighted by Gasteiger charge is 2.27. The third kappa shape index (κ3) is 7.97. The summed E-state index contributed by atoms with van der Waals surface area (Å²) in [5.74, 6) is 2.36. The first-order valence-corrected chi connectivity index (χ1v) is 22.1. The van der Waals surface area contributed by atoms with Crippen LogP contribution in [0, 0.1) is 6.33 Å². The average molecular weight is 827 g/mol. The fourth-order valence-electron chi connectivity index (χ4n) is 8.73. The minimum atomic E-state index is -0.217. The van der Waals surface area contributed by atoms with Gasteiger partial charge in [-0.05, 0) is 111 Å². The van der Waals surface area contributed by atoms with Gasteiger partial charge in [0, 0.05) is 46.3 Å². The predicted octanol–water partition coefficient (Wildman–Crippen LogP) is 14.1. The third-order valence-corrected chi connectivity index (χ3v) is 13.0. The third-order valence-electron chi connectivity index (χ3n) is 13.0. The largest absolute Gasteiger partial charge is 0.458 e. The number of rotatable bonds is 9. The Morgan fingerprint density at radius 3 is 1.83 bits per heavy atom. The topological polar surface area (TPSA) is 35.9 Å². The van der Waals surface area contributed by atoms with Crippen molar-refractivity contribution in [3.63, 3.8) is 0 Å². The fourth-order valence-corrected chi connectivity index (χ4v) is 8.73. The first-order valence-electron chi connectivity index (χ1n) is 22.1. The van der Waals surface area contributed by atoms with Crippen molar-refractivity contribution in [1.82, 2.24) is 14.1 Å². The molecule has 0 bridgehead atoms. The van der Waals surface area contributed by atoms with E-state index in [1.165, 1.54) is 38.8 Å². The second-order valence-electron chi connectivity index (χ2n) is 20.1. The molecule has 0 unspecified atom stereocenters. The van der Waals surface area contributed by atoms with Gasteiger partial charge >= 0.3 is 0 Å². The van der Waals surface area contributed by atoms with E-state index in [1.807, 2.05) is 22.9 Å². The summed E-state index contributed by atoms with van der Waals surface area (Å²) in [6.07, 6.45) is 9.68. The molecule has 3 aromatic heterocycles. The van der Waals surface area contributed by atoms with Crippen LogP contribution in [0.5, 0.6) is 11.5 Å². The van der Waals surface area contributed by atoms with Crippen molar-refractivity contribution in [1.29, 1.82) is 0 Å². The van der Waals surface area contributed by atoms with E-state index in [0.29, 0.717) is 0 Å². The van der Waals surface area contributed by atoms with E-state index < -0.39 is 0 Å². The molecule has 5 heteroatoms. The SMILES string of the molecule is CC(C)(C)c1cc(-[n+]2[c-]n(-c3cccc(Oc4ccc5c6cc(C(C)(C)C)ccc6n(-c6cc(C(C)(C)c7ccccc7)ccn6)c5c4)c3)cc2)cc(C(C)(C)c2ccccc2)c1. The summed E-state index contributed by atoms with van der Waals surface area (Å²) >= 11 is 0. The molecule has 0 saturated heterocycles. The Morgan fingerprint density at radius 1 is 0.492 bits per heavy atom. The normalized spacial score (nSPS) is 12.6. The summed E-state index contributed by atoms with van der Waals surface area (Å²) in [6.45, 7) is 22.8. The molecule has 0 saturated carbocycles. The Kier molecular flexibility index (Phi) is 10.3. The Balaban J connectivity index is 1.08. The molecule has 0 N–H and O–H groups in total. The highest BCUT2D eigenvalue weighted by atomic mass is 16.5. The second-order valence-corrected chi connectivity index (χ2v) is 20.1. The number of nitrogens with zero attached hydrogens (tertiary/aromatic N) is 4. The highest BCUT2D eigenvalue weighted by Crippen LogP contribution is 2.40. The molecule has 0 aliphatic carbocycles. The fraction of sp³-hybridized carbons (Fsp3) is 0.241. The van der Waals surface area contributed by atoms with Crippen LogP contribution in [0.2, 0.25) is 0 Å². The quantitative estimate of drug-likeness (QED) is 0.107. The summed E-state index contributed by atoms with van der Waals surface area (Å²) in [5.41, 5.74) is 11.4. The maximum Gasteiger partial charge on any atom is 0.268 e. The summed E-state index contributed by atoms with van der Waals surface area (Å²) in [6, 6.07) is 54.3. The number of hydrogen-bond donors (Lipinski definition) is 0. The van der Waals surface area contributed by atoms with Gasteiger partial charge in [0.05, 0.1) is 22.4 Å². The zero-order chi connectivity index (χ0) is 44.3. The molecule has 3 heterocycles. The number of imidazole rings is 1. The summed E-state index contributed by atoms with van der Waals surface area (Å²) < 4.78 is 13.1. The van der Waals surface area contributed by atoms with Crippen LogP contribution in [0.25, 0.3) is 39.0 Å². The smallest absolute Gasteiger partial charge is 0.268 e. The van der Waals surface area contributed by atoms with Crippen molar-refractivity contribution in [3.05, 3.63) is 210 Å². The van der Waals surface area contributed by atoms with Gasteiger partial charge in [0.2, 0.25) is 0 Å². The zero-order valence-corrected chi connectivity index (χ0v) is 38.4. The van der Waals surface area contributed by atoms with Crippen LogP contribution in [0.3, 0.4) is 0 Å². The highest BCUT2D eigenvalue weighted by molar-refractivity contribution is 6.09. The lowest BCUT2D eigenvalue weighted by atomic mass is 9.75. The Labute approximate surface area is 373 Å². The Morgan fingerprint density at radius 2 is 1.14 bits per heavy atom. The van der Waals surface area contributed by atoms with Gasteiger partial charge in [0.1, 0.15) is 17.3 Å². The molecule has 316 valence electrons. The number of hydrogen-bond acceptors (Lipinski definition) is 2. The van der Waals surface area contributed by atoms with Crippen LogP contribution in [0.4, 0.5) is 0 Å². The molecule has 9 aromatic rings. The monoisotopic (exact) mass is 826 g/mol. The molecule has 5 nitrogen and oxygen atoms in total. The van der Waals surface area contributed by atoms with Crippen LogP contribution in [-0.4, -0.2) is 14.1 Å².